The van der Waals surface area contributed by atoms with Crippen molar-refractivity contribution in [2.75, 3.05) is 13.1 Å². The van der Waals surface area contributed by atoms with Gasteiger partial charge in [-0.3, -0.25) is 14.4 Å². The third-order valence-electron chi connectivity index (χ3n) is 4.10. The fourth-order valence-electron chi connectivity index (χ4n) is 2.84. The van der Waals surface area contributed by atoms with Crippen molar-refractivity contribution in [3.8, 4) is 0 Å². The normalized spacial score (nSPS) is 19.2. The molecule has 2 atom stereocenters. The molecule has 0 radical (unpaired) electrons. The van der Waals surface area contributed by atoms with Gasteiger partial charge in [-0.05, 0) is 38.2 Å². The zero-order valence-electron chi connectivity index (χ0n) is 13.2. The number of amides is 2. The smallest absolute Gasteiger partial charge is 0.303 e. The minimum Gasteiger partial charge on any atom is -0.481 e. The third kappa shape index (κ3) is 4.84. The number of aliphatic carboxylic acids is 1. The van der Waals surface area contributed by atoms with Crippen LogP contribution in [0.4, 0.5) is 0 Å². The Kier molecular flexibility index (Phi) is 5.78. The van der Waals surface area contributed by atoms with Gasteiger partial charge in [-0.2, -0.15) is 0 Å². The molecule has 1 aromatic rings. The summed E-state index contributed by atoms with van der Waals surface area (Å²) >= 11 is 0. The highest BCUT2D eigenvalue weighted by atomic mass is 16.4. The maximum atomic E-state index is 12.5. The van der Waals surface area contributed by atoms with Crippen LogP contribution in [0.2, 0.25) is 0 Å². The Morgan fingerprint density at radius 1 is 1.48 bits per heavy atom. The predicted molar refractivity (Wildman–Crippen MR) is 81.8 cm³/mol. The maximum Gasteiger partial charge on any atom is 0.303 e. The fourth-order valence-corrected chi connectivity index (χ4v) is 2.84. The molecule has 2 heterocycles. The van der Waals surface area contributed by atoms with Crippen molar-refractivity contribution >= 4 is 17.8 Å². The summed E-state index contributed by atoms with van der Waals surface area (Å²) in [5.74, 6) is -1.09. The van der Waals surface area contributed by atoms with Gasteiger partial charge < -0.3 is 19.7 Å². The second kappa shape index (κ2) is 7.80. The van der Waals surface area contributed by atoms with Gasteiger partial charge in [0.05, 0.1) is 11.8 Å². The van der Waals surface area contributed by atoms with E-state index in [1.54, 1.807) is 11.8 Å². The highest BCUT2D eigenvalue weighted by Crippen LogP contribution is 2.21. The molecule has 7 nitrogen and oxygen atoms in total. The predicted octanol–water partition coefficient (Wildman–Crippen LogP) is 1.50. The largest absolute Gasteiger partial charge is 0.481 e. The van der Waals surface area contributed by atoms with Crippen LogP contribution in [0, 0.1) is 5.92 Å². The summed E-state index contributed by atoms with van der Waals surface area (Å²) in [4.78, 5) is 36.8. The van der Waals surface area contributed by atoms with E-state index < -0.39 is 12.0 Å². The highest BCUT2D eigenvalue weighted by molar-refractivity contribution is 5.97. The lowest BCUT2D eigenvalue weighted by atomic mass is 9.93. The molecule has 7 heteroatoms. The van der Waals surface area contributed by atoms with Gasteiger partial charge in [0.25, 0.3) is 5.91 Å². The first-order valence-corrected chi connectivity index (χ1v) is 7.81. The highest BCUT2D eigenvalue weighted by Gasteiger charge is 2.28. The number of nitrogens with one attached hydrogen (secondary N) is 1. The molecule has 126 valence electrons. The van der Waals surface area contributed by atoms with Crippen LogP contribution in [0.5, 0.6) is 0 Å². The number of carbonyl (C=O) groups excluding carboxylic acids is 2. The van der Waals surface area contributed by atoms with Crippen LogP contribution >= 0.6 is 0 Å². The van der Waals surface area contributed by atoms with Gasteiger partial charge in [0, 0.05) is 19.5 Å². The number of carbonyl (C=O) groups is 3. The van der Waals surface area contributed by atoms with E-state index in [2.05, 4.69) is 5.32 Å². The number of hydrogen-bond acceptors (Lipinski definition) is 4. The molecule has 1 fully saturated rings. The molecule has 0 aromatic carbocycles. The monoisotopic (exact) mass is 322 g/mol. The third-order valence-corrected chi connectivity index (χ3v) is 4.10. The first-order chi connectivity index (χ1) is 11.0. The van der Waals surface area contributed by atoms with Gasteiger partial charge in [0.1, 0.15) is 12.3 Å². The second-order valence-electron chi connectivity index (χ2n) is 5.93. The van der Waals surface area contributed by atoms with Crippen LogP contribution < -0.4 is 5.32 Å². The Hall–Kier alpha value is -2.31. The van der Waals surface area contributed by atoms with E-state index in [9.17, 15) is 14.4 Å². The first kappa shape index (κ1) is 17.1. The lowest BCUT2D eigenvalue weighted by Gasteiger charge is -2.34. The lowest BCUT2D eigenvalue weighted by molar-refractivity contribution is -0.137. The fraction of sp³-hybridized carbons (Fsp3) is 0.562. The van der Waals surface area contributed by atoms with Gasteiger partial charge in [-0.15, -0.1) is 0 Å². The summed E-state index contributed by atoms with van der Waals surface area (Å²) in [6, 6.07) is 0.908. The van der Waals surface area contributed by atoms with E-state index >= 15 is 0 Å². The molecule has 0 aliphatic carbocycles. The van der Waals surface area contributed by atoms with Crippen molar-refractivity contribution in [2.24, 2.45) is 5.92 Å². The van der Waals surface area contributed by atoms with Gasteiger partial charge in [-0.1, -0.05) is 0 Å². The van der Waals surface area contributed by atoms with E-state index in [-0.39, 0.29) is 24.2 Å². The number of furan rings is 1. The van der Waals surface area contributed by atoms with Crippen molar-refractivity contribution in [1.29, 1.82) is 0 Å². The zero-order chi connectivity index (χ0) is 16.8. The molecule has 2 rings (SSSR count). The molecule has 1 aliphatic heterocycles. The summed E-state index contributed by atoms with van der Waals surface area (Å²) in [5, 5.41) is 11.4. The minimum absolute atomic E-state index is 0.124. The Labute approximate surface area is 134 Å². The average molecular weight is 322 g/mol. The Bertz CT molecular complexity index is 555. The number of carboxylic acids is 1. The topological polar surface area (TPSA) is 99.9 Å². The second-order valence-corrected chi connectivity index (χ2v) is 5.93. The van der Waals surface area contributed by atoms with Crippen molar-refractivity contribution < 1.29 is 23.9 Å². The van der Waals surface area contributed by atoms with E-state index in [1.165, 1.54) is 18.6 Å². The summed E-state index contributed by atoms with van der Waals surface area (Å²) in [6.45, 7) is 2.85. The van der Waals surface area contributed by atoms with Crippen molar-refractivity contribution in [3.05, 3.63) is 24.2 Å². The van der Waals surface area contributed by atoms with Crippen LogP contribution in [0.3, 0.4) is 0 Å². The average Bonchev–Trinajstić information content (AvgIpc) is 3.07. The molecule has 1 aromatic heterocycles. The molecule has 23 heavy (non-hydrogen) atoms. The lowest BCUT2D eigenvalue weighted by Crippen LogP contribution is -2.50. The molecule has 1 saturated heterocycles. The number of rotatable bonds is 6. The van der Waals surface area contributed by atoms with E-state index in [0.717, 1.165) is 12.8 Å². The van der Waals surface area contributed by atoms with Crippen LogP contribution in [0.25, 0.3) is 0 Å². The number of likely N-dealkylation sites (tertiary alicyclic amines) is 1. The number of carboxylic acid groups (broad SMARTS) is 1. The summed E-state index contributed by atoms with van der Waals surface area (Å²) in [5.41, 5.74) is 0.377. The Balaban J connectivity index is 1.85. The zero-order valence-corrected chi connectivity index (χ0v) is 13.2. The minimum atomic E-state index is -0.811. The summed E-state index contributed by atoms with van der Waals surface area (Å²) in [7, 11) is 0. The molecule has 0 saturated carbocycles. The molecule has 2 amide bonds. The molecule has 2 N–H and O–H groups in total. The van der Waals surface area contributed by atoms with Crippen LogP contribution in [0.15, 0.2) is 23.0 Å². The Morgan fingerprint density at radius 2 is 2.26 bits per heavy atom. The summed E-state index contributed by atoms with van der Waals surface area (Å²) < 4.78 is 4.85. The van der Waals surface area contributed by atoms with Gasteiger partial charge in [-0.25, -0.2) is 0 Å². The SMILES string of the molecule is CC(NC(=O)c1ccoc1)C(=O)N1CCCC(CCC(=O)O)C1. The van der Waals surface area contributed by atoms with Crippen molar-refractivity contribution in [3.63, 3.8) is 0 Å². The molecular formula is C16H22N2O5. The molecular weight excluding hydrogens is 300 g/mol. The first-order valence-electron chi connectivity index (χ1n) is 7.81. The van der Waals surface area contributed by atoms with Crippen molar-refractivity contribution in [1.82, 2.24) is 10.2 Å². The molecule has 2 unspecified atom stereocenters. The van der Waals surface area contributed by atoms with Gasteiger partial charge in [0.15, 0.2) is 0 Å². The van der Waals surface area contributed by atoms with Crippen LogP contribution in [0.1, 0.15) is 43.0 Å². The molecule has 0 spiro atoms. The number of piperidine rings is 1. The molecule has 1 aliphatic rings. The van der Waals surface area contributed by atoms with Crippen LogP contribution in [-0.4, -0.2) is 46.9 Å². The van der Waals surface area contributed by atoms with E-state index in [1.807, 2.05) is 0 Å². The quantitative estimate of drug-likeness (QED) is 0.827. The van der Waals surface area contributed by atoms with Gasteiger partial charge >= 0.3 is 5.97 Å². The summed E-state index contributed by atoms with van der Waals surface area (Å²) in [6.07, 6.45) is 5.23. The van der Waals surface area contributed by atoms with Crippen LogP contribution in [-0.2, 0) is 9.59 Å². The standard InChI is InChI=1S/C16H22N2O5/c1-11(17-15(21)13-6-8-23-10-13)16(22)18-7-2-3-12(9-18)4-5-14(19)20/h6,8,10-12H,2-5,7,9H2,1H3,(H,17,21)(H,19,20). The number of hydrogen-bond donors (Lipinski definition) is 2. The van der Waals surface area contributed by atoms with Gasteiger partial charge in [0.2, 0.25) is 5.91 Å². The maximum absolute atomic E-state index is 12.5. The van der Waals surface area contributed by atoms with E-state index in [4.69, 9.17) is 9.52 Å². The van der Waals surface area contributed by atoms with E-state index in [0.29, 0.717) is 25.1 Å². The molecule has 0 bridgehead atoms. The van der Waals surface area contributed by atoms with Crippen molar-refractivity contribution in [2.45, 2.75) is 38.6 Å². The number of nitrogens with zero attached hydrogens (tertiary/aromatic N) is 1. The Morgan fingerprint density at radius 3 is 2.91 bits per heavy atom.